The second kappa shape index (κ2) is 5.67. The molecule has 2 heterocycles. The summed E-state index contributed by atoms with van der Waals surface area (Å²) >= 11 is 0. The van der Waals surface area contributed by atoms with Crippen LogP contribution in [0, 0.1) is 10.1 Å². The summed E-state index contributed by atoms with van der Waals surface area (Å²) in [6, 6.07) is 7.07. The number of benzene rings is 1. The van der Waals surface area contributed by atoms with Crippen molar-refractivity contribution in [3.8, 4) is 11.3 Å². The van der Waals surface area contributed by atoms with Gasteiger partial charge in [0.15, 0.2) is 0 Å². The van der Waals surface area contributed by atoms with Gasteiger partial charge in [-0.15, -0.1) is 0 Å². The van der Waals surface area contributed by atoms with Gasteiger partial charge >= 0.3 is 0 Å². The summed E-state index contributed by atoms with van der Waals surface area (Å²) in [5.74, 6) is 0. The van der Waals surface area contributed by atoms with Gasteiger partial charge in [0, 0.05) is 35.7 Å². The molecule has 2 aromatic heterocycles. The van der Waals surface area contributed by atoms with Crippen molar-refractivity contribution >= 4 is 22.2 Å². The number of nitro groups is 1. The van der Waals surface area contributed by atoms with Gasteiger partial charge in [0.05, 0.1) is 28.7 Å². The van der Waals surface area contributed by atoms with Crippen LogP contribution in [0.15, 0.2) is 47.3 Å². The monoisotopic (exact) mass is 322 g/mol. The molecule has 1 aliphatic rings. The van der Waals surface area contributed by atoms with E-state index in [4.69, 9.17) is 4.42 Å². The van der Waals surface area contributed by atoms with Crippen LogP contribution in [0.3, 0.4) is 0 Å². The molecule has 0 aliphatic heterocycles. The maximum atomic E-state index is 11.1. The largest absolute Gasteiger partial charge is 0.472 e. The number of fused-ring (bicyclic) bond motifs is 1. The van der Waals surface area contributed by atoms with E-state index in [2.05, 4.69) is 6.08 Å². The van der Waals surface area contributed by atoms with Crippen molar-refractivity contribution in [2.75, 3.05) is 0 Å². The fraction of sp³-hybridized carbons (Fsp3) is 0.263. The number of non-ortho nitro benzene ring substituents is 1. The molecule has 0 N–H and O–H groups in total. The lowest BCUT2D eigenvalue weighted by Crippen LogP contribution is -1.96. The van der Waals surface area contributed by atoms with Crippen molar-refractivity contribution in [1.82, 2.24) is 4.57 Å². The van der Waals surface area contributed by atoms with Gasteiger partial charge in [-0.25, -0.2) is 0 Å². The minimum absolute atomic E-state index is 0.117. The zero-order chi connectivity index (χ0) is 16.7. The molecule has 0 spiro atoms. The standard InChI is InChI=1S/C19H18N2O3/c1-20-17-11-15(21(22)23)7-8-16(17)18(13-5-3-2-4-6-13)19(20)14-9-10-24-12-14/h5,7-12H,2-4,6H2,1H3. The molecule has 0 saturated heterocycles. The number of nitro benzene ring substituents is 1. The minimum atomic E-state index is -0.344. The number of hydrogen-bond acceptors (Lipinski definition) is 3. The van der Waals surface area contributed by atoms with Gasteiger partial charge in [0.1, 0.15) is 0 Å². The van der Waals surface area contributed by atoms with Gasteiger partial charge in [-0.3, -0.25) is 10.1 Å². The highest BCUT2D eigenvalue weighted by Gasteiger charge is 2.22. The molecule has 0 atom stereocenters. The molecule has 1 aromatic carbocycles. The van der Waals surface area contributed by atoms with Crippen LogP contribution in [0.25, 0.3) is 27.7 Å². The van der Waals surface area contributed by atoms with Gasteiger partial charge in [-0.2, -0.15) is 0 Å². The van der Waals surface area contributed by atoms with Crippen LogP contribution in [0.2, 0.25) is 0 Å². The lowest BCUT2D eigenvalue weighted by atomic mass is 9.90. The highest BCUT2D eigenvalue weighted by Crippen LogP contribution is 2.41. The zero-order valence-electron chi connectivity index (χ0n) is 13.5. The van der Waals surface area contributed by atoms with Crippen molar-refractivity contribution in [2.24, 2.45) is 7.05 Å². The normalized spacial score (nSPS) is 14.8. The summed E-state index contributed by atoms with van der Waals surface area (Å²) in [4.78, 5) is 10.8. The van der Waals surface area contributed by atoms with Crippen LogP contribution in [0.4, 0.5) is 5.69 Å². The SMILES string of the molecule is Cn1c(-c2ccoc2)c(C2=CCCCC2)c2ccc([N+](=O)[O-])cc21. The summed E-state index contributed by atoms with van der Waals surface area (Å²) in [5, 5.41) is 12.2. The number of aromatic nitrogens is 1. The van der Waals surface area contributed by atoms with E-state index in [0.29, 0.717) is 0 Å². The van der Waals surface area contributed by atoms with E-state index in [9.17, 15) is 10.1 Å². The molecule has 1 aliphatic carbocycles. The molecule has 5 heteroatoms. The van der Waals surface area contributed by atoms with E-state index in [0.717, 1.165) is 35.0 Å². The van der Waals surface area contributed by atoms with Crippen molar-refractivity contribution in [3.05, 3.63) is 58.5 Å². The number of nitrogens with zero attached hydrogens (tertiary/aromatic N) is 2. The Hall–Kier alpha value is -2.82. The second-order valence-electron chi connectivity index (χ2n) is 6.23. The molecule has 3 aromatic rings. The van der Waals surface area contributed by atoms with E-state index in [1.54, 1.807) is 24.7 Å². The van der Waals surface area contributed by atoms with Crippen molar-refractivity contribution in [1.29, 1.82) is 0 Å². The summed E-state index contributed by atoms with van der Waals surface area (Å²) < 4.78 is 7.32. The van der Waals surface area contributed by atoms with E-state index < -0.39 is 0 Å². The Kier molecular flexibility index (Phi) is 3.49. The predicted molar refractivity (Wildman–Crippen MR) is 93.7 cm³/mol. The highest BCUT2D eigenvalue weighted by atomic mass is 16.6. The first-order valence-electron chi connectivity index (χ1n) is 8.15. The minimum Gasteiger partial charge on any atom is -0.472 e. The molecular formula is C19H18N2O3. The molecule has 0 fully saturated rings. The Labute approximate surface area is 139 Å². The van der Waals surface area contributed by atoms with E-state index in [1.807, 2.05) is 23.7 Å². The third-order valence-corrected chi connectivity index (χ3v) is 4.80. The van der Waals surface area contributed by atoms with Gasteiger partial charge in [0.25, 0.3) is 5.69 Å². The Morgan fingerprint density at radius 1 is 1.25 bits per heavy atom. The Morgan fingerprint density at radius 2 is 2.12 bits per heavy atom. The lowest BCUT2D eigenvalue weighted by Gasteiger charge is -2.14. The molecule has 4 rings (SSSR count). The summed E-state index contributed by atoms with van der Waals surface area (Å²) in [6.07, 6.45) is 10.2. The average molecular weight is 322 g/mol. The number of hydrogen-bond donors (Lipinski definition) is 0. The van der Waals surface area contributed by atoms with Crippen LogP contribution in [-0.2, 0) is 7.05 Å². The van der Waals surface area contributed by atoms with Gasteiger partial charge in [-0.1, -0.05) is 6.08 Å². The van der Waals surface area contributed by atoms with Gasteiger partial charge in [-0.05, 0) is 43.4 Å². The fourth-order valence-electron chi connectivity index (χ4n) is 3.67. The Morgan fingerprint density at radius 3 is 2.79 bits per heavy atom. The topological polar surface area (TPSA) is 61.2 Å². The fourth-order valence-corrected chi connectivity index (χ4v) is 3.67. The van der Waals surface area contributed by atoms with E-state index in [1.165, 1.54) is 24.0 Å². The summed E-state index contributed by atoms with van der Waals surface area (Å²) in [6.45, 7) is 0. The third kappa shape index (κ3) is 2.24. The zero-order valence-corrected chi connectivity index (χ0v) is 13.5. The molecule has 0 radical (unpaired) electrons. The number of allylic oxidation sites excluding steroid dienone is 2. The first-order chi connectivity index (χ1) is 11.7. The third-order valence-electron chi connectivity index (χ3n) is 4.80. The maximum Gasteiger partial charge on any atom is 0.271 e. The molecular weight excluding hydrogens is 304 g/mol. The van der Waals surface area contributed by atoms with E-state index in [-0.39, 0.29) is 10.6 Å². The Bertz CT molecular complexity index is 949. The molecule has 0 unspecified atom stereocenters. The van der Waals surface area contributed by atoms with Crippen LogP contribution in [0.1, 0.15) is 31.2 Å². The Balaban J connectivity index is 2.05. The number of rotatable bonds is 3. The average Bonchev–Trinajstić information content (AvgIpc) is 3.22. The number of aryl methyl sites for hydroxylation is 1. The molecule has 0 saturated carbocycles. The van der Waals surface area contributed by atoms with Crippen molar-refractivity contribution in [2.45, 2.75) is 25.7 Å². The quantitative estimate of drug-likeness (QED) is 0.485. The number of furan rings is 1. The molecule has 24 heavy (non-hydrogen) atoms. The van der Waals surface area contributed by atoms with Crippen molar-refractivity contribution < 1.29 is 9.34 Å². The lowest BCUT2D eigenvalue weighted by molar-refractivity contribution is -0.384. The first kappa shape index (κ1) is 14.8. The van der Waals surface area contributed by atoms with E-state index >= 15 is 0 Å². The molecule has 5 nitrogen and oxygen atoms in total. The molecule has 0 bridgehead atoms. The van der Waals surface area contributed by atoms with Crippen LogP contribution >= 0.6 is 0 Å². The maximum absolute atomic E-state index is 11.1. The van der Waals surface area contributed by atoms with Crippen molar-refractivity contribution in [3.63, 3.8) is 0 Å². The van der Waals surface area contributed by atoms with Gasteiger partial charge in [0.2, 0.25) is 0 Å². The van der Waals surface area contributed by atoms with Crippen LogP contribution in [0.5, 0.6) is 0 Å². The van der Waals surface area contributed by atoms with Crippen LogP contribution in [-0.4, -0.2) is 9.49 Å². The highest BCUT2D eigenvalue weighted by molar-refractivity contribution is 6.01. The molecule has 0 amide bonds. The smallest absolute Gasteiger partial charge is 0.271 e. The van der Waals surface area contributed by atoms with Crippen LogP contribution < -0.4 is 0 Å². The second-order valence-corrected chi connectivity index (χ2v) is 6.23. The predicted octanol–water partition coefficient (Wildman–Crippen LogP) is 5.30. The summed E-state index contributed by atoms with van der Waals surface area (Å²) in [5.41, 5.74) is 5.57. The molecule has 122 valence electrons. The summed E-state index contributed by atoms with van der Waals surface area (Å²) in [7, 11) is 1.96. The van der Waals surface area contributed by atoms with Gasteiger partial charge < -0.3 is 8.98 Å². The first-order valence-corrected chi connectivity index (χ1v) is 8.15.